The highest BCUT2D eigenvalue weighted by Crippen LogP contribution is 1.93. The lowest BCUT2D eigenvalue weighted by Gasteiger charge is -2.00. The minimum absolute atomic E-state index is 0.0941. The van der Waals surface area contributed by atoms with E-state index in [-0.39, 0.29) is 18.1 Å². The molecule has 1 rings (SSSR count). The van der Waals surface area contributed by atoms with Crippen molar-refractivity contribution in [2.24, 2.45) is 5.73 Å². The van der Waals surface area contributed by atoms with Crippen molar-refractivity contribution in [3.8, 4) is 0 Å². The molecule has 0 atom stereocenters. The van der Waals surface area contributed by atoms with Crippen LogP contribution in [0.25, 0.3) is 0 Å². The summed E-state index contributed by atoms with van der Waals surface area (Å²) < 4.78 is 23.8. The van der Waals surface area contributed by atoms with Gasteiger partial charge in [-0.2, -0.15) is 5.10 Å². The molecule has 0 fully saturated rings. The number of hydrogen-bond acceptors (Lipinski definition) is 5. The molecular formula is C7H14N4O2S. The Labute approximate surface area is 83.0 Å². The third kappa shape index (κ3) is 3.08. The molecule has 0 spiro atoms. The van der Waals surface area contributed by atoms with Crippen LogP contribution in [-0.4, -0.2) is 34.7 Å². The first-order valence-corrected chi connectivity index (χ1v) is 6.18. The molecule has 6 nitrogen and oxygen atoms in total. The standard InChI is InChI=1S/C7H14N4O2S/c1-2-14(12,13)4-3-11-6-9-7(5-8)10-11/h6H,2-5,8H2,1H3. The fourth-order valence-electron chi connectivity index (χ4n) is 0.911. The quantitative estimate of drug-likeness (QED) is 0.696. The Morgan fingerprint density at radius 3 is 2.79 bits per heavy atom. The van der Waals surface area contributed by atoms with Crippen molar-refractivity contribution in [3.63, 3.8) is 0 Å². The molecule has 0 aromatic carbocycles. The Kier molecular flexibility index (Phi) is 3.59. The third-order valence-electron chi connectivity index (χ3n) is 1.84. The summed E-state index contributed by atoms with van der Waals surface area (Å²) in [5.41, 5.74) is 5.31. The third-order valence-corrected chi connectivity index (χ3v) is 3.52. The molecule has 0 unspecified atom stereocenters. The zero-order valence-corrected chi connectivity index (χ0v) is 8.87. The lowest BCUT2D eigenvalue weighted by Crippen LogP contribution is -2.15. The summed E-state index contributed by atoms with van der Waals surface area (Å²) in [5.74, 6) is 0.779. The monoisotopic (exact) mass is 218 g/mol. The van der Waals surface area contributed by atoms with Gasteiger partial charge in [0.2, 0.25) is 0 Å². The number of sulfone groups is 1. The van der Waals surface area contributed by atoms with E-state index in [9.17, 15) is 8.42 Å². The number of hydrogen-bond donors (Lipinski definition) is 1. The summed E-state index contributed by atoms with van der Waals surface area (Å²) >= 11 is 0. The SMILES string of the molecule is CCS(=O)(=O)CCn1cnc(CN)n1. The van der Waals surface area contributed by atoms with Crippen LogP contribution in [0.5, 0.6) is 0 Å². The van der Waals surface area contributed by atoms with Crippen molar-refractivity contribution in [2.75, 3.05) is 11.5 Å². The van der Waals surface area contributed by atoms with Crippen molar-refractivity contribution in [2.45, 2.75) is 20.0 Å². The Hall–Kier alpha value is -0.950. The highest BCUT2D eigenvalue weighted by atomic mass is 32.2. The maximum atomic E-state index is 11.2. The number of nitrogens with zero attached hydrogens (tertiary/aromatic N) is 3. The lowest BCUT2D eigenvalue weighted by molar-refractivity contribution is 0.580. The highest BCUT2D eigenvalue weighted by molar-refractivity contribution is 7.91. The van der Waals surface area contributed by atoms with Gasteiger partial charge in [0.05, 0.1) is 18.8 Å². The van der Waals surface area contributed by atoms with Gasteiger partial charge in [-0.1, -0.05) is 6.92 Å². The Balaban J connectivity index is 2.54. The van der Waals surface area contributed by atoms with Gasteiger partial charge in [0.15, 0.2) is 15.7 Å². The molecule has 7 heteroatoms. The summed E-state index contributed by atoms with van der Waals surface area (Å²) in [6.45, 7) is 2.23. The summed E-state index contributed by atoms with van der Waals surface area (Å²) in [5, 5.41) is 3.98. The van der Waals surface area contributed by atoms with Gasteiger partial charge in [0.1, 0.15) is 6.33 Å². The molecular weight excluding hydrogens is 204 g/mol. The van der Waals surface area contributed by atoms with E-state index in [0.717, 1.165) is 0 Å². The molecule has 0 aliphatic carbocycles. The molecule has 1 aromatic heterocycles. The predicted octanol–water partition coefficient (Wildman–Crippen LogP) is -0.828. The van der Waals surface area contributed by atoms with Gasteiger partial charge in [0, 0.05) is 5.75 Å². The van der Waals surface area contributed by atoms with Crippen LogP contribution >= 0.6 is 0 Å². The first kappa shape index (κ1) is 11.1. The van der Waals surface area contributed by atoms with Crippen LogP contribution in [0.15, 0.2) is 6.33 Å². The van der Waals surface area contributed by atoms with Crippen LogP contribution in [0.1, 0.15) is 12.7 Å². The maximum Gasteiger partial charge on any atom is 0.164 e. The average Bonchev–Trinajstić information content (AvgIpc) is 2.63. The summed E-state index contributed by atoms with van der Waals surface area (Å²) in [7, 11) is -2.94. The summed E-state index contributed by atoms with van der Waals surface area (Å²) in [4.78, 5) is 3.89. The van der Waals surface area contributed by atoms with Gasteiger partial charge in [0.25, 0.3) is 0 Å². The van der Waals surface area contributed by atoms with E-state index in [1.54, 1.807) is 6.92 Å². The van der Waals surface area contributed by atoms with Gasteiger partial charge >= 0.3 is 0 Å². The van der Waals surface area contributed by atoms with Crippen LogP contribution in [0.2, 0.25) is 0 Å². The predicted molar refractivity (Wildman–Crippen MR) is 52.2 cm³/mol. The van der Waals surface area contributed by atoms with Crippen LogP contribution in [-0.2, 0) is 22.9 Å². The molecule has 0 radical (unpaired) electrons. The van der Waals surface area contributed by atoms with Gasteiger partial charge in [-0.25, -0.2) is 13.4 Å². The van der Waals surface area contributed by atoms with E-state index in [1.807, 2.05) is 0 Å². The Morgan fingerprint density at radius 1 is 1.57 bits per heavy atom. The van der Waals surface area contributed by atoms with Crippen LogP contribution in [0.4, 0.5) is 0 Å². The zero-order valence-electron chi connectivity index (χ0n) is 8.05. The van der Waals surface area contributed by atoms with E-state index in [0.29, 0.717) is 12.4 Å². The Bertz CT molecular complexity index is 384. The minimum atomic E-state index is -2.94. The molecule has 14 heavy (non-hydrogen) atoms. The second-order valence-electron chi connectivity index (χ2n) is 2.86. The molecule has 0 aliphatic heterocycles. The van der Waals surface area contributed by atoms with Gasteiger partial charge < -0.3 is 5.73 Å². The molecule has 1 aromatic rings. The second-order valence-corrected chi connectivity index (χ2v) is 5.34. The van der Waals surface area contributed by atoms with Crippen molar-refractivity contribution >= 4 is 9.84 Å². The van der Waals surface area contributed by atoms with E-state index >= 15 is 0 Å². The maximum absolute atomic E-state index is 11.2. The van der Waals surface area contributed by atoms with Crippen molar-refractivity contribution in [1.82, 2.24) is 14.8 Å². The largest absolute Gasteiger partial charge is 0.324 e. The first-order chi connectivity index (χ1) is 6.57. The summed E-state index contributed by atoms with van der Waals surface area (Å²) in [6.07, 6.45) is 1.49. The first-order valence-electron chi connectivity index (χ1n) is 4.36. The van der Waals surface area contributed by atoms with Crippen LogP contribution in [0, 0.1) is 0 Å². The topological polar surface area (TPSA) is 90.9 Å². The molecule has 80 valence electrons. The molecule has 0 bridgehead atoms. The number of aryl methyl sites for hydroxylation is 1. The van der Waals surface area contributed by atoms with E-state index in [1.165, 1.54) is 11.0 Å². The van der Waals surface area contributed by atoms with E-state index in [2.05, 4.69) is 10.1 Å². The van der Waals surface area contributed by atoms with Crippen LogP contribution in [0.3, 0.4) is 0 Å². The number of aromatic nitrogens is 3. The number of nitrogens with two attached hydrogens (primary N) is 1. The Morgan fingerprint density at radius 2 is 2.29 bits per heavy atom. The minimum Gasteiger partial charge on any atom is -0.324 e. The lowest BCUT2D eigenvalue weighted by atomic mass is 10.6. The molecule has 0 aliphatic rings. The average molecular weight is 218 g/mol. The molecule has 1 heterocycles. The zero-order chi connectivity index (χ0) is 10.6. The molecule has 2 N–H and O–H groups in total. The molecule has 0 saturated carbocycles. The smallest absolute Gasteiger partial charge is 0.164 e. The highest BCUT2D eigenvalue weighted by Gasteiger charge is 2.08. The van der Waals surface area contributed by atoms with Gasteiger partial charge in [-0.05, 0) is 0 Å². The van der Waals surface area contributed by atoms with Crippen molar-refractivity contribution in [3.05, 3.63) is 12.2 Å². The van der Waals surface area contributed by atoms with Gasteiger partial charge in [-0.3, -0.25) is 4.68 Å². The van der Waals surface area contributed by atoms with Crippen molar-refractivity contribution in [1.29, 1.82) is 0 Å². The normalized spacial score (nSPS) is 11.9. The second kappa shape index (κ2) is 4.52. The van der Waals surface area contributed by atoms with E-state index in [4.69, 9.17) is 5.73 Å². The van der Waals surface area contributed by atoms with E-state index < -0.39 is 9.84 Å². The summed E-state index contributed by atoms with van der Waals surface area (Å²) in [6, 6.07) is 0. The number of rotatable bonds is 5. The molecule has 0 amide bonds. The fraction of sp³-hybridized carbons (Fsp3) is 0.714. The fourth-order valence-corrected chi connectivity index (χ4v) is 1.67. The van der Waals surface area contributed by atoms with Crippen molar-refractivity contribution < 1.29 is 8.42 Å². The van der Waals surface area contributed by atoms with Crippen LogP contribution < -0.4 is 5.73 Å². The molecule has 0 saturated heterocycles. The van der Waals surface area contributed by atoms with Gasteiger partial charge in [-0.15, -0.1) is 0 Å².